The van der Waals surface area contributed by atoms with Crippen LogP contribution in [0.4, 0.5) is 5.69 Å². The molecule has 0 saturated heterocycles. The van der Waals surface area contributed by atoms with Crippen LogP contribution in [0.25, 0.3) is 0 Å². The van der Waals surface area contributed by atoms with Crippen molar-refractivity contribution >= 4 is 23.2 Å². The SMILES string of the molecule is COc1cccc(NC(=O)Cc2ccc(OC)c(Cl)c2)c1. The van der Waals surface area contributed by atoms with Gasteiger partial charge in [-0.1, -0.05) is 23.7 Å². The van der Waals surface area contributed by atoms with Gasteiger partial charge in [0, 0.05) is 11.8 Å². The zero-order chi connectivity index (χ0) is 15.2. The molecule has 2 aromatic rings. The van der Waals surface area contributed by atoms with Gasteiger partial charge in [0.25, 0.3) is 0 Å². The van der Waals surface area contributed by atoms with E-state index in [0.29, 0.717) is 22.2 Å². The summed E-state index contributed by atoms with van der Waals surface area (Å²) in [6.07, 6.45) is 0.237. The first-order chi connectivity index (χ1) is 10.1. The lowest BCUT2D eigenvalue weighted by Crippen LogP contribution is -2.14. The number of hydrogen-bond donors (Lipinski definition) is 1. The number of hydrogen-bond acceptors (Lipinski definition) is 3. The van der Waals surface area contributed by atoms with Gasteiger partial charge in [-0.2, -0.15) is 0 Å². The van der Waals surface area contributed by atoms with E-state index in [9.17, 15) is 4.79 Å². The molecule has 0 aliphatic carbocycles. The highest BCUT2D eigenvalue weighted by Crippen LogP contribution is 2.25. The smallest absolute Gasteiger partial charge is 0.228 e. The number of amides is 1. The lowest BCUT2D eigenvalue weighted by molar-refractivity contribution is -0.115. The molecule has 0 unspecified atom stereocenters. The van der Waals surface area contributed by atoms with Gasteiger partial charge in [-0.3, -0.25) is 4.79 Å². The molecule has 0 heterocycles. The van der Waals surface area contributed by atoms with Crippen molar-refractivity contribution in [2.75, 3.05) is 19.5 Å². The van der Waals surface area contributed by atoms with Crippen molar-refractivity contribution in [1.29, 1.82) is 0 Å². The predicted molar refractivity (Wildman–Crippen MR) is 83.3 cm³/mol. The second kappa shape index (κ2) is 6.99. The van der Waals surface area contributed by atoms with Crippen LogP contribution in [-0.4, -0.2) is 20.1 Å². The van der Waals surface area contributed by atoms with Crippen molar-refractivity contribution in [1.82, 2.24) is 0 Å². The third kappa shape index (κ3) is 4.13. The van der Waals surface area contributed by atoms with Crippen LogP contribution in [0.15, 0.2) is 42.5 Å². The molecule has 0 radical (unpaired) electrons. The fraction of sp³-hybridized carbons (Fsp3) is 0.188. The van der Waals surface area contributed by atoms with Gasteiger partial charge in [0.15, 0.2) is 0 Å². The van der Waals surface area contributed by atoms with Gasteiger partial charge in [-0.25, -0.2) is 0 Å². The van der Waals surface area contributed by atoms with Crippen molar-refractivity contribution in [3.05, 3.63) is 53.1 Å². The molecule has 2 aromatic carbocycles. The fourth-order valence-corrected chi connectivity index (χ4v) is 2.19. The van der Waals surface area contributed by atoms with Crippen LogP contribution in [0.5, 0.6) is 11.5 Å². The van der Waals surface area contributed by atoms with Crippen molar-refractivity contribution in [3.8, 4) is 11.5 Å². The number of anilines is 1. The van der Waals surface area contributed by atoms with Crippen LogP contribution >= 0.6 is 11.6 Å². The average molecular weight is 306 g/mol. The van der Waals surface area contributed by atoms with E-state index in [2.05, 4.69) is 5.32 Å². The number of halogens is 1. The maximum Gasteiger partial charge on any atom is 0.228 e. The summed E-state index contributed by atoms with van der Waals surface area (Å²) in [5.74, 6) is 1.17. The van der Waals surface area contributed by atoms with Crippen LogP contribution in [0.3, 0.4) is 0 Å². The Labute approximate surface area is 128 Å². The summed E-state index contributed by atoms with van der Waals surface area (Å²) >= 11 is 6.04. The van der Waals surface area contributed by atoms with Gasteiger partial charge >= 0.3 is 0 Å². The first-order valence-corrected chi connectivity index (χ1v) is 6.76. The Hall–Kier alpha value is -2.20. The van der Waals surface area contributed by atoms with Crippen LogP contribution in [0.2, 0.25) is 5.02 Å². The number of ether oxygens (including phenoxy) is 2. The van der Waals surface area contributed by atoms with E-state index >= 15 is 0 Å². The molecule has 2 rings (SSSR count). The second-order valence-corrected chi connectivity index (χ2v) is 4.83. The summed E-state index contributed by atoms with van der Waals surface area (Å²) in [6.45, 7) is 0. The van der Waals surface area contributed by atoms with Crippen molar-refractivity contribution in [2.24, 2.45) is 0 Å². The highest BCUT2D eigenvalue weighted by atomic mass is 35.5. The van der Waals surface area contributed by atoms with E-state index in [1.807, 2.05) is 18.2 Å². The first kappa shape index (κ1) is 15.2. The van der Waals surface area contributed by atoms with Crippen LogP contribution in [-0.2, 0) is 11.2 Å². The molecular weight excluding hydrogens is 290 g/mol. The van der Waals surface area contributed by atoms with Gasteiger partial charge < -0.3 is 14.8 Å². The Morgan fingerprint density at radius 1 is 1.14 bits per heavy atom. The zero-order valence-electron chi connectivity index (χ0n) is 11.9. The Morgan fingerprint density at radius 3 is 2.62 bits per heavy atom. The number of rotatable bonds is 5. The number of nitrogens with one attached hydrogen (secondary N) is 1. The summed E-state index contributed by atoms with van der Waals surface area (Å²) in [4.78, 5) is 12.0. The highest BCUT2D eigenvalue weighted by Gasteiger charge is 2.07. The number of carbonyl (C=O) groups is 1. The molecule has 0 saturated carbocycles. The Balaban J connectivity index is 2.02. The Kier molecular flexibility index (Phi) is 5.06. The Bertz CT molecular complexity index is 643. The van der Waals surface area contributed by atoms with Gasteiger partial charge in [-0.05, 0) is 29.8 Å². The van der Waals surface area contributed by atoms with Crippen molar-refractivity contribution in [2.45, 2.75) is 6.42 Å². The van der Waals surface area contributed by atoms with Crippen LogP contribution < -0.4 is 14.8 Å². The zero-order valence-corrected chi connectivity index (χ0v) is 12.6. The van der Waals surface area contributed by atoms with Crippen LogP contribution in [0, 0.1) is 0 Å². The first-order valence-electron chi connectivity index (χ1n) is 6.38. The summed E-state index contributed by atoms with van der Waals surface area (Å²) < 4.78 is 10.2. The minimum atomic E-state index is -0.121. The van der Waals surface area contributed by atoms with E-state index < -0.39 is 0 Å². The van der Waals surface area contributed by atoms with Crippen LogP contribution in [0.1, 0.15) is 5.56 Å². The summed E-state index contributed by atoms with van der Waals surface area (Å²) in [7, 11) is 3.14. The maximum atomic E-state index is 12.0. The third-order valence-electron chi connectivity index (χ3n) is 2.93. The number of methoxy groups -OCH3 is 2. The topological polar surface area (TPSA) is 47.6 Å². The fourth-order valence-electron chi connectivity index (χ4n) is 1.91. The minimum absolute atomic E-state index is 0.121. The molecule has 1 N–H and O–H groups in total. The third-order valence-corrected chi connectivity index (χ3v) is 3.23. The minimum Gasteiger partial charge on any atom is -0.497 e. The van der Waals surface area contributed by atoms with E-state index in [-0.39, 0.29) is 12.3 Å². The molecule has 4 nitrogen and oxygen atoms in total. The lowest BCUT2D eigenvalue weighted by Gasteiger charge is -2.08. The molecule has 0 spiro atoms. The van der Waals surface area contributed by atoms with Gasteiger partial charge in [-0.15, -0.1) is 0 Å². The molecular formula is C16H16ClNO3. The Morgan fingerprint density at radius 2 is 1.95 bits per heavy atom. The largest absolute Gasteiger partial charge is 0.497 e. The molecule has 0 aromatic heterocycles. The van der Waals surface area contributed by atoms with Crippen molar-refractivity contribution in [3.63, 3.8) is 0 Å². The summed E-state index contributed by atoms with van der Waals surface area (Å²) in [5.41, 5.74) is 1.51. The molecule has 0 aliphatic heterocycles. The highest BCUT2D eigenvalue weighted by molar-refractivity contribution is 6.32. The molecule has 0 fully saturated rings. The summed E-state index contributed by atoms with van der Waals surface area (Å²) in [6, 6.07) is 12.5. The number of carbonyl (C=O) groups excluding carboxylic acids is 1. The molecule has 0 bridgehead atoms. The number of benzene rings is 2. The van der Waals surface area contributed by atoms with Crippen molar-refractivity contribution < 1.29 is 14.3 Å². The monoisotopic (exact) mass is 305 g/mol. The maximum absolute atomic E-state index is 12.0. The molecule has 0 aliphatic rings. The van der Waals surface area contributed by atoms with Gasteiger partial charge in [0.05, 0.1) is 25.7 Å². The predicted octanol–water partition coefficient (Wildman–Crippen LogP) is 3.54. The average Bonchev–Trinajstić information content (AvgIpc) is 2.47. The standard InChI is InChI=1S/C16H16ClNO3/c1-20-13-5-3-4-12(10-13)18-16(19)9-11-6-7-15(21-2)14(17)8-11/h3-8,10H,9H2,1-2H3,(H,18,19). The van der Waals surface area contributed by atoms with E-state index in [1.54, 1.807) is 38.5 Å². The quantitative estimate of drug-likeness (QED) is 0.919. The molecule has 5 heteroatoms. The van der Waals surface area contributed by atoms with E-state index in [0.717, 1.165) is 5.56 Å². The lowest BCUT2D eigenvalue weighted by atomic mass is 10.1. The van der Waals surface area contributed by atoms with Gasteiger partial charge in [0.2, 0.25) is 5.91 Å². The van der Waals surface area contributed by atoms with Gasteiger partial charge in [0.1, 0.15) is 11.5 Å². The molecule has 110 valence electrons. The molecule has 1 amide bonds. The second-order valence-electron chi connectivity index (χ2n) is 4.43. The molecule has 0 atom stereocenters. The van der Waals surface area contributed by atoms with E-state index in [1.165, 1.54) is 0 Å². The van der Waals surface area contributed by atoms with E-state index in [4.69, 9.17) is 21.1 Å². The summed E-state index contributed by atoms with van der Waals surface area (Å²) in [5, 5.41) is 3.31. The normalized spacial score (nSPS) is 10.0. The molecule has 21 heavy (non-hydrogen) atoms.